The molecule has 0 aromatic carbocycles. The fraction of sp³-hybridized carbons (Fsp3) is 0.727. The normalized spacial score (nSPS) is 15.9. The van der Waals surface area contributed by atoms with Gasteiger partial charge in [0.2, 0.25) is 0 Å². The molecule has 7 heteroatoms. The van der Waals surface area contributed by atoms with Crippen LogP contribution in [0.5, 0.6) is 0 Å². The highest BCUT2D eigenvalue weighted by Gasteiger charge is 2.30. The van der Waals surface area contributed by atoms with Gasteiger partial charge in [0.15, 0.2) is 5.13 Å². The van der Waals surface area contributed by atoms with Crippen molar-refractivity contribution in [2.24, 2.45) is 0 Å². The highest BCUT2D eigenvalue weighted by Crippen LogP contribution is 2.44. The van der Waals surface area contributed by atoms with E-state index in [0.717, 1.165) is 28.5 Å². The van der Waals surface area contributed by atoms with Crippen molar-refractivity contribution in [1.29, 1.82) is 0 Å². The molecule has 1 aliphatic carbocycles. The summed E-state index contributed by atoms with van der Waals surface area (Å²) in [6.45, 7) is 0.449. The third kappa shape index (κ3) is 3.43. The van der Waals surface area contributed by atoms with Gasteiger partial charge in [0.1, 0.15) is 9.84 Å². The number of aromatic nitrogens is 1. The Labute approximate surface area is 111 Å². The van der Waals surface area contributed by atoms with E-state index in [2.05, 4.69) is 4.98 Å². The molecule has 1 saturated carbocycles. The van der Waals surface area contributed by atoms with Gasteiger partial charge in [-0.15, -0.1) is 0 Å². The highest BCUT2D eigenvalue weighted by molar-refractivity contribution is 7.90. The number of anilines is 1. The number of sulfone groups is 1. The highest BCUT2D eigenvalue weighted by atomic mass is 32.2. The van der Waals surface area contributed by atoms with E-state index in [-0.39, 0.29) is 12.4 Å². The standard InChI is InChI=1S/C11H18N2O3S2/c1-13(5-6-18(2,15)16)11-12-10(8-3-4-8)9(7-14)17-11/h8,14H,3-7H2,1-2H3. The Balaban J connectivity index is 2.08. The van der Waals surface area contributed by atoms with E-state index in [1.807, 2.05) is 11.9 Å². The Morgan fingerprint density at radius 2 is 2.17 bits per heavy atom. The van der Waals surface area contributed by atoms with Gasteiger partial charge in [-0.3, -0.25) is 0 Å². The third-order valence-electron chi connectivity index (χ3n) is 2.95. The van der Waals surface area contributed by atoms with Crippen LogP contribution in [0.3, 0.4) is 0 Å². The minimum absolute atomic E-state index is 0.0173. The van der Waals surface area contributed by atoms with Gasteiger partial charge in [0.05, 0.1) is 22.9 Å². The molecule has 5 nitrogen and oxygen atoms in total. The van der Waals surface area contributed by atoms with Crippen LogP contribution in [0.25, 0.3) is 0 Å². The number of aliphatic hydroxyl groups excluding tert-OH is 1. The Morgan fingerprint density at radius 3 is 2.67 bits per heavy atom. The zero-order chi connectivity index (χ0) is 13.3. The van der Waals surface area contributed by atoms with Crippen LogP contribution in [-0.2, 0) is 16.4 Å². The Kier molecular flexibility index (Phi) is 3.93. The van der Waals surface area contributed by atoms with Crippen LogP contribution in [-0.4, -0.2) is 44.1 Å². The van der Waals surface area contributed by atoms with Gasteiger partial charge in [-0.2, -0.15) is 0 Å². The minimum Gasteiger partial charge on any atom is -0.391 e. The number of aliphatic hydroxyl groups is 1. The molecule has 1 aliphatic rings. The lowest BCUT2D eigenvalue weighted by atomic mass is 10.2. The van der Waals surface area contributed by atoms with Crippen LogP contribution in [0, 0.1) is 0 Å². The monoisotopic (exact) mass is 290 g/mol. The quantitative estimate of drug-likeness (QED) is 0.846. The molecule has 1 heterocycles. The van der Waals surface area contributed by atoms with E-state index in [1.165, 1.54) is 17.6 Å². The van der Waals surface area contributed by atoms with E-state index in [9.17, 15) is 13.5 Å². The lowest BCUT2D eigenvalue weighted by molar-refractivity contribution is 0.284. The minimum atomic E-state index is -2.95. The maximum absolute atomic E-state index is 11.1. The van der Waals surface area contributed by atoms with Crippen molar-refractivity contribution in [2.45, 2.75) is 25.4 Å². The Hall–Kier alpha value is -0.660. The molecule has 2 rings (SSSR count). The molecule has 0 aliphatic heterocycles. The second kappa shape index (κ2) is 5.14. The molecule has 102 valence electrons. The molecule has 0 amide bonds. The van der Waals surface area contributed by atoms with Gasteiger partial charge < -0.3 is 10.0 Å². The number of hydrogen-bond donors (Lipinski definition) is 1. The molecule has 0 spiro atoms. The third-order valence-corrected chi connectivity index (χ3v) is 5.04. The van der Waals surface area contributed by atoms with Crippen LogP contribution in [0.15, 0.2) is 0 Å². The van der Waals surface area contributed by atoms with Crippen molar-refractivity contribution < 1.29 is 13.5 Å². The van der Waals surface area contributed by atoms with E-state index >= 15 is 0 Å². The lowest BCUT2D eigenvalue weighted by Gasteiger charge is -2.14. The molecule has 0 radical (unpaired) electrons. The molecule has 1 aromatic heterocycles. The predicted molar refractivity (Wildman–Crippen MR) is 73.0 cm³/mol. The maximum Gasteiger partial charge on any atom is 0.185 e. The van der Waals surface area contributed by atoms with Crippen LogP contribution in [0.4, 0.5) is 5.13 Å². The van der Waals surface area contributed by atoms with Gasteiger partial charge in [0, 0.05) is 25.8 Å². The van der Waals surface area contributed by atoms with Crippen LogP contribution in [0.1, 0.15) is 29.3 Å². The van der Waals surface area contributed by atoms with E-state index in [4.69, 9.17) is 0 Å². The van der Waals surface area contributed by atoms with Crippen molar-refractivity contribution in [1.82, 2.24) is 4.98 Å². The maximum atomic E-state index is 11.1. The van der Waals surface area contributed by atoms with Crippen molar-refractivity contribution in [2.75, 3.05) is 30.5 Å². The first kappa shape index (κ1) is 13.8. The summed E-state index contributed by atoms with van der Waals surface area (Å²) in [7, 11) is -1.12. The summed E-state index contributed by atoms with van der Waals surface area (Å²) >= 11 is 1.46. The summed E-state index contributed by atoms with van der Waals surface area (Å²) in [4.78, 5) is 7.29. The first-order chi connectivity index (χ1) is 8.40. The molecule has 0 bridgehead atoms. The van der Waals surface area contributed by atoms with Crippen molar-refractivity contribution in [3.8, 4) is 0 Å². The zero-order valence-corrected chi connectivity index (χ0v) is 12.2. The van der Waals surface area contributed by atoms with Crippen molar-refractivity contribution in [3.05, 3.63) is 10.6 Å². The summed E-state index contributed by atoms with van der Waals surface area (Å²) in [6, 6.07) is 0. The van der Waals surface area contributed by atoms with Crippen molar-refractivity contribution in [3.63, 3.8) is 0 Å². The average Bonchev–Trinajstić information content (AvgIpc) is 3.04. The zero-order valence-electron chi connectivity index (χ0n) is 10.6. The molecule has 0 saturated heterocycles. The molecule has 0 atom stereocenters. The number of rotatable bonds is 6. The fourth-order valence-corrected chi connectivity index (χ4v) is 3.30. The number of hydrogen-bond acceptors (Lipinski definition) is 6. The summed E-state index contributed by atoms with van der Waals surface area (Å²) in [5, 5.41) is 10.1. The lowest BCUT2D eigenvalue weighted by Crippen LogP contribution is -2.24. The largest absolute Gasteiger partial charge is 0.391 e. The van der Waals surface area contributed by atoms with Gasteiger partial charge in [-0.1, -0.05) is 11.3 Å². The number of nitrogens with zero attached hydrogens (tertiary/aromatic N) is 2. The van der Waals surface area contributed by atoms with Crippen LogP contribution >= 0.6 is 11.3 Å². The SMILES string of the molecule is CN(CCS(C)(=O)=O)c1nc(C2CC2)c(CO)s1. The molecule has 0 unspecified atom stereocenters. The Morgan fingerprint density at radius 1 is 1.50 bits per heavy atom. The molecule has 1 aromatic rings. The summed E-state index contributed by atoms with van der Waals surface area (Å²) < 4.78 is 22.3. The second-order valence-electron chi connectivity index (χ2n) is 4.79. The van der Waals surface area contributed by atoms with Gasteiger partial charge in [0.25, 0.3) is 0 Å². The van der Waals surface area contributed by atoms with E-state index in [0.29, 0.717) is 12.5 Å². The molecule has 18 heavy (non-hydrogen) atoms. The van der Waals surface area contributed by atoms with Gasteiger partial charge in [-0.25, -0.2) is 13.4 Å². The first-order valence-corrected chi connectivity index (χ1v) is 8.77. The smallest absolute Gasteiger partial charge is 0.185 e. The number of thiazole rings is 1. The van der Waals surface area contributed by atoms with Crippen LogP contribution < -0.4 is 4.90 Å². The summed E-state index contributed by atoms with van der Waals surface area (Å²) in [6.07, 6.45) is 3.52. The molecular weight excluding hydrogens is 272 g/mol. The topological polar surface area (TPSA) is 70.5 Å². The summed E-state index contributed by atoms with van der Waals surface area (Å²) in [5.41, 5.74) is 1.00. The van der Waals surface area contributed by atoms with Crippen molar-refractivity contribution >= 4 is 26.3 Å². The molecular formula is C11H18N2O3S2. The van der Waals surface area contributed by atoms with Gasteiger partial charge >= 0.3 is 0 Å². The molecule has 1 N–H and O–H groups in total. The first-order valence-electron chi connectivity index (χ1n) is 5.90. The molecule has 1 fully saturated rings. The van der Waals surface area contributed by atoms with Crippen LogP contribution in [0.2, 0.25) is 0 Å². The Bertz CT molecular complexity index is 520. The van der Waals surface area contributed by atoms with Gasteiger partial charge in [-0.05, 0) is 12.8 Å². The van der Waals surface area contributed by atoms with E-state index < -0.39 is 9.84 Å². The predicted octanol–water partition coefficient (Wildman–Crippen LogP) is 0.994. The average molecular weight is 290 g/mol. The fourth-order valence-electron chi connectivity index (χ4n) is 1.70. The van der Waals surface area contributed by atoms with E-state index in [1.54, 1.807) is 0 Å². The second-order valence-corrected chi connectivity index (χ2v) is 8.11. The summed E-state index contributed by atoms with van der Waals surface area (Å²) in [5.74, 6) is 0.622.